The molecule has 2 aliphatic heterocycles. The molecule has 200 valence electrons. The second-order valence-corrected chi connectivity index (χ2v) is 8.80. The summed E-state index contributed by atoms with van der Waals surface area (Å²) in [6, 6.07) is 5.79. The van der Waals surface area contributed by atoms with Crippen molar-refractivity contribution in [2.45, 2.75) is 33.1 Å². The molecule has 0 bridgehead atoms. The van der Waals surface area contributed by atoms with Crippen LogP contribution in [0.5, 0.6) is 0 Å². The van der Waals surface area contributed by atoms with Crippen LogP contribution in [0.2, 0.25) is 0 Å². The number of morpholine rings is 1. The van der Waals surface area contributed by atoms with Gasteiger partial charge in [0, 0.05) is 50.7 Å². The van der Waals surface area contributed by atoms with Crippen molar-refractivity contribution in [3.63, 3.8) is 0 Å². The summed E-state index contributed by atoms with van der Waals surface area (Å²) >= 11 is 0. The van der Waals surface area contributed by atoms with Gasteiger partial charge in [-0.25, -0.2) is 10.2 Å². The van der Waals surface area contributed by atoms with Crippen molar-refractivity contribution in [3.8, 4) is 0 Å². The number of hydrogen-bond acceptors (Lipinski definition) is 9. The number of anilines is 3. The fraction of sp³-hybridized carbons (Fsp3) is 0.423. The van der Waals surface area contributed by atoms with Gasteiger partial charge in [0.05, 0.1) is 42.2 Å². The summed E-state index contributed by atoms with van der Waals surface area (Å²) in [6.45, 7) is 7.39. The van der Waals surface area contributed by atoms with Crippen molar-refractivity contribution in [3.05, 3.63) is 59.4 Å². The smallest absolute Gasteiger partial charge is 0.255 e. The molecule has 1 aromatic carbocycles. The summed E-state index contributed by atoms with van der Waals surface area (Å²) in [5.41, 5.74) is 7.77. The van der Waals surface area contributed by atoms with E-state index in [-0.39, 0.29) is 17.0 Å². The lowest BCUT2D eigenvalue weighted by molar-refractivity contribution is -0.113. The molecular formula is C26H35FN6O4. The van der Waals surface area contributed by atoms with Crippen LogP contribution in [0.15, 0.2) is 42.4 Å². The quantitative estimate of drug-likeness (QED) is 0.302. The Morgan fingerprint density at radius 3 is 2.35 bits per heavy atom. The highest BCUT2D eigenvalue weighted by atomic mass is 19.1. The number of carbonyl (C=O) groups excluding carboxylic acids is 2. The van der Waals surface area contributed by atoms with Gasteiger partial charge in [0.2, 0.25) is 0 Å². The fourth-order valence-electron chi connectivity index (χ4n) is 3.76. The van der Waals surface area contributed by atoms with E-state index in [1.165, 1.54) is 50.7 Å². The number of benzene rings is 1. The first-order valence-corrected chi connectivity index (χ1v) is 12.3. The van der Waals surface area contributed by atoms with Crippen LogP contribution < -0.4 is 26.8 Å². The number of ether oxygens (including phenoxy) is 2. The van der Waals surface area contributed by atoms with E-state index in [1.807, 2.05) is 4.90 Å². The number of allylic oxidation sites excluding steroid dienone is 1. The minimum Gasteiger partial charge on any atom is -0.395 e. The number of halogens is 1. The molecule has 3 heterocycles. The Balaban J connectivity index is 0.000000555. The Morgan fingerprint density at radius 1 is 1.08 bits per heavy atom. The van der Waals surface area contributed by atoms with E-state index in [1.54, 1.807) is 19.1 Å². The predicted molar refractivity (Wildman–Crippen MR) is 141 cm³/mol. The maximum atomic E-state index is 14.2. The molecule has 0 atom stereocenters. The number of nitrogens with zero attached hydrogens (tertiary/aromatic N) is 3. The predicted octanol–water partition coefficient (Wildman–Crippen LogP) is 2.87. The normalized spacial score (nSPS) is 15.9. The number of amides is 1. The molecule has 37 heavy (non-hydrogen) atoms. The number of nitrogens with two attached hydrogens (primary N) is 2. The lowest BCUT2D eigenvalue weighted by Gasteiger charge is -2.29. The number of hydrazine groups is 1. The number of nitrogens with one attached hydrogen (secondary N) is 1. The zero-order valence-corrected chi connectivity index (χ0v) is 21.3. The van der Waals surface area contributed by atoms with Gasteiger partial charge in [-0.1, -0.05) is 0 Å². The van der Waals surface area contributed by atoms with Crippen molar-refractivity contribution in [1.29, 1.82) is 0 Å². The number of aromatic nitrogens is 1. The molecule has 11 heteroatoms. The lowest BCUT2D eigenvalue weighted by Crippen LogP contribution is -2.36. The minimum absolute atomic E-state index is 0.0215. The van der Waals surface area contributed by atoms with E-state index in [9.17, 15) is 14.0 Å². The van der Waals surface area contributed by atoms with Gasteiger partial charge < -0.3 is 25.4 Å². The number of aryl methyl sites for hydroxylation is 1. The molecule has 5 N–H and O–H groups in total. The highest BCUT2D eigenvalue weighted by Gasteiger charge is 2.16. The zero-order valence-electron chi connectivity index (χ0n) is 21.3. The Bertz CT molecular complexity index is 1100. The van der Waals surface area contributed by atoms with E-state index in [0.717, 1.165) is 18.2 Å². The molecule has 2 aromatic rings. The van der Waals surface area contributed by atoms with Gasteiger partial charge in [-0.15, -0.1) is 0 Å². The van der Waals surface area contributed by atoms with Crippen LogP contribution in [0.1, 0.15) is 42.2 Å². The van der Waals surface area contributed by atoms with Crippen LogP contribution in [0, 0.1) is 12.7 Å². The molecule has 0 saturated carbocycles. The number of hydrogen-bond donors (Lipinski definition) is 3. The number of rotatable bonds is 6. The summed E-state index contributed by atoms with van der Waals surface area (Å²) in [7, 11) is 0. The summed E-state index contributed by atoms with van der Waals surface area (Å²) in [5, 5.41) is 3.86. The Labute approximate surface area is 216 Å². The summed E-state index contributed by atoms with van der Waals surface area (Å²) in [4.78, 5) is 30.3. The first-order chi connectivity index (χ1) is 17.7. The standard InChI is InChI=1S/C21H25FN6O3.C5H10O/c1-13-20(28(24)12-19(23)14(2)29)10-17(11-25-13)26-21(30)15-7-16(22)9-18(8-15)27-3-5-31-6-4-27;1-2-4-6-5-3-1/h7-12H,3-6,23-24H2,1-2H3,(H,26,30);1-5H2/b19-12-;. The van der Waals surface area contributed by atoms with Gasteiger partial charge in [-0.3, -0.25) is 19.6 Å². The molecule has 4 rings (SSSR count). The van der Waals surface area contributed by atoms with Gasteiger partial charge >= 0.3 is 0 Å². The highest BCUT2D eigenvalue weighted by Crippen LogP contribution is 2.23. The van der Waals surface area contributed by atoms with Crippen LogP contribution in [0.4, 0.5) is 21.5 Å². The van der Waals surface area contributed by atoms with Gasteiger partial charge in [0.15, 0.2) is 5.78 Å². The van der Waals surface area contributed by atoms with Crippen molar-refractivity contribution in [1.82, 2.24) is 4.98 Å². The molecular weight excluding hydrogens is 479 g/mol. The number of carbonyl (C=O) groups is 2. The minimum atomic E-state index is -0.505. The van der Waals surface area contributed by atoms with Crippen molar-refractivity contribution in [2.24, 2.45) is 11.6 Å². The molecule has 2 fully saturated rings. The largest absolute Gasteiger partial charge is 0.395 e. The van der Waals surface area contributed by atoms with Crippen LogP contribution in [0.25, 0.3) is 0 Å². The molecule has 1 amide bonds. The highest BCUT2D eigenvalue weighted by molar-refractivity contribution is 6.05. The lowest BCUT2D eigenvalue weighted by atomic mass is 10.1. The molecule has 2 aliphatic rings. The third-order valence-electron chi connectivity index (χ3n) is 5.88. The summed E-state index contributed by atoms with van der Waals surface area (Å²) < 4.78 is 24.6. The average Bonchev–Trinajstić information content (AvgIpc) is 2.91. The topological polar surface area (TPSA) is 136 Å². The first kappa shape index (κ1) is 28.0. The Kier molecular flexibility index (Phi) is 10.4. The Hall–Kier alpha value is -3.54. The molecule has 0 radical (unpaired) electrons. The van der Waals surface area contributed by atoms with E-state index >= 15 is 0 Å². The second kappa shape index (κ2) is 13.7. The van der Waals surface area contributed by atoms with Crippen LogP contribution in [0.3, 0.4) is 0 Å². The molecule has 10 nitrogen and oxygen atoms in total. The molecule has 0 unspecified atom stereocenters. The monoisotopic (exact) mass is 514 g/mol. The van der Waals surface area contributed by atoms with Crippen molar-refractivity contribution < 1.29 is 23.5 Å². The molecule has 0 aliphatic carbocycles. The van der Waals surface area contributed by atoms with Gasteiger partial charge in [-0.05, 0) is 50.5 Å². The van der Waals surface area contributed by atoms with Gasteiger partial charge in [0.25, 0.3) is 5.91 Å². The van der Waals surface area contributed by atoms with E-state index in [2.05, 4.69) is 10.3 Å². The third kappa shape index (κ3) is 8.52. The first-order valence-electron chi connectivity index (χ1n) is 12.3. The average molecular weight is 515 g/mol. The van der Waals surface area contributed by atoms with E-state index in [0.29, 0.717) is 49.1 Å². The SMILES string of the molecule is C1CCOCC1.CC(=O)/C(N)=C/N(N)c1cc(NC(=O)c2cc(F)cc(N3CCOCC3)c2)cnc1C. The molecule has 0 spiro atoms. The molecule has 1 aromatic heterocycles. The summed E-state index contributed by atoms with van der Waals surface area (Å²) in [5.74, 6) is 4.65. The number of ketones is 1. The maximum absolute atomic E-state index is 14.2. The van der Waals surface area contributed by atoms with Crippen LogP contribution in [-0.4, -0.2) is 56.2 Å². The van der Waals surface area contributed by atoms with Crippen molar-refractivity contribution >= 4 is 28.8 Å². The fourth-order valence-corrected chi connectivity index (χ4v) is 3.76. The second-order valence-electron chi connectivity index (χ2n) is 8.80. The maximum Gasteiger partial charge on any atom is 0.255 e. The number of Topliss-reactive ketones (excluding diaryl/α,β-unsaturated/α-hetero) is 1. The third-order valence-corrected chi connectivity index (χ3v) is 5.88. The van der Waals surface area contributed by atoms with E-state index < -0.39 is 11.7 Å². The van der Waals surface area contributed by atoms with Gasteiger partial charge in [0.1, 0.15) is 5.82 Å². The van der Waals surface area contributed by atoms with Crippen LogP contribution in [-0.2, 0) is 14.3 Å². The summed E-state index contributed by atoms with van der Waals surface area (Å²) in [6.07, 6.45) is 6.67. The van der Waals surface area contributed by atoms with Crippen molar-refractivity contribution in [2.75, 3.05) is 54.7 Å². The molecule has 2 saturated heterocycles. The van der Waals surface area contributed by atoms with E-state index in [4.69, 9.17) is 21.1 Å². The van der Waals surface area contributed by atoms with Gasteiger partial charge in [-0.2, -0.15) is 0 Å². The zero-order chi connectivity index (χ0) is 26.8. The Morgan fingerprint density at radius 2 is 1.76 bits per heavy atom. The number of pyridine rings is 1. The van der Waals surface area contributed by atoms with Crippen LogP contribution >= 0.6 is 0 Å².